The first-order valence-corrected chi connectivity index (χ1v) is 6.56. The van der Waals surface area contributed by atoms with Gasteiger partial charge in [-0.05, 0) is 31.5 Å². The first-order valence-electron chi connectivity index (χ1n) is 6.56. The van der Waals surface area contributed by atoms with Crippen molar-refractivity contribution >= 4 is 5.91 Å². The van der Waals surface area contributed by atoms with Crippen LogP contribution in [0.25, 0.3) is 0 Å². The zero-order valence-corrected chi connectivity index (χ0v) is 12.1. The fourth-order valence-corrected chi connectivity index (χ4v) is 1.67. The van der Waals surface area contributed by atoms with E-state index in [0.717, 1.165) is 0 Å². The van der Waals surface area contributed by atoms with Crippen LogP contribution in [-0.4, -0.2) is 25.7 Å². The van der Waals surface area contributed by atoms with Gasteiger partial charge in [0, 0.05) is 24.6 Å². The molecule has 0 spiro atoms. The second-order valence-corrected chi connectivity index (χ2v) is 4.64. The van der Waals surface area contributed by atoms with Gasteiger partial charge in [0.15, 0.2) is 0 Å². The summed E-state index contributed by atoms with van der Waals surface area (Å²) in [5.41, 5.74) is 5.99. The van der Waals surface area contributed by atoms with Crippen LogP contribution in [0.15, 0.2) is 18.2 Å². The van der Waals surface area contributed by atoms with Gasteiger partial charge in [0.1, 0.15) is 11.5 Å². The molecule has 0 saturated heterocycles. The van der Waals surface area contributed by atoms with Crippen LogP contribution in [0, 0.1) is 0 Å². The summed E-state index contributed by atoms with van der Waals surface area (Å²) in [6.07, 6.45) is 0.844. The minimum absolute atomic E-state index is 0.0123. The number of carbonyl (C=O) groups is 1. The highest BCUT2D eigenvalue weighted by atomic mass is 19.3. The van der Waals surface area contributed by atoms with Crippen LogP contribution >= 0.6 is 0 Å². The number of rotatable bonds is 8. The molecule has 21 heavy (non-hydrogen) atoms. The molecule has 0 aliphatic rings. The van der Waals surface area contributed by atoms with E-state index in [4.69, 9.17) is 10.5 Å². The number of methoxy groups -OCH3 is 1. The third kappa shape index (κ3) is 6.40. The van der Waals surface area contributed by atoms with E-state index in [1.54, 1.807) is 6.07 Å². The van der Waals surface area contributed by atoms with Crippen molar-refractivity contribution in [3.05, 3.63) is 23.8 Å². The molecule has 1 unspecified atom stereocenters. The summed E-state index contributed by atoms with van der Waals surface area (Å²) >= 11 is 0. The fraction of sp³-hybridized carbons (Fsp3) is 0.500. The number of halogens is 2. The molecule has 1 aromatic rings. The zero-order chi connectivity index (χ0) is 15.8. The van der Waals surface area contributed by atoms with E-state index in [-0.39, 0.29) is 30.7 Å². The molecule has 118 valence electrons. The minimum Gasteiger partial charge on any atom is -0.497 e. The van der Waals surface area contributed by atoms with Crippen molar-refractivity contribution in [2.45, 2.75) is 39.0 Å². The summed E-state index contributed by atoms with van der Waals surface area (Å²) in [7, 11) is 1.47. The topological polar surface area (TPSA) is 73.6 Å². The van der Waals surface area contributed by atoms with E-state index in [0.29, 0.717) is 17.7 Å². The van der Waals surface area contributed by atoms with Gasteiger partial charge in [0.2, 0.25) is 5.91 Å². The largest absolute Gasteiger partial charge is 0.497 e. The van der Waals surface area contributed by atoms with E-state index in [1.807, 2.05) is 6.92 Å². The maximum absolute atomic E-state index is 12.3. The van der Waals surface area contributed by atoms with Crippen molar-refractivity contribution in [1.29, 1.82) is 0 Å². The molecule has 1 rings (SSSR count). The van der Waals surface area contributed by atoms with Gasteiger partial charge in [-0.15, -0.1) is 0 Å². The molecule has 0 aromatic heterocycles. The van der Waals surface area contributed by atoms with Gasteiger partial charge in [0.05, 0.1) is 7.11 Å². The van der Waals surface area contributed by atoms with Crippen LogP contribution in [0.5, 0.6) is 11.5 Å². The number of nitrogens with one attached hydrogen (secondary N) is 1. The molecule has 3 N–H and O–H groups in total. The highest BCUT2D eigenvalue weighted by Gasteiger charge is 2.12. The van der Waals surface area contributed by atoms with Gasteiger partial charge in [-0.3, -0.25) is 4.79 Å². The maximum atomic E-state index is 12.3. The summed E-state index contributed by atoms with van der Waals surface area (Å²) in [6.45, 7) is -1.04. The van der Waals surface area contributed by atoms with E-state index < -0.39 is 6.61 Å². The molecule has 0 bridgehead atoms. The number of ether oxygens (including phenoxy) is 2. The Hall–Kier alpha value is -1.89. The van der Waals surface area contributed by atoms with Crippen molar-refractivity contribution < 1.29 is 23.0 Å². The Kier molecular flexibility index (Phi) is 6.87. The molecular weight excluding hydrogens is 282 g/mol. The van der Waals surface area contributed by atoms with E-state index >= 15 is 0 Å². The second kappa shape index (κ2) is 8.41. The summed E-state index contributed by atoms with van der Waals surface area (Å²) in [5.74, 6) is 0.313. The predicted molar refractivity (Wildman–Crippen MR) is 74.4 cm³/mol. The molecule has 0 radical (unpaired) electrons. The number of nitrogens with two attached hydrogens (primary N) is 1. The maximum Gasteiger partial charge on any atom is 0.387 e. The Labute approximate surface area is 122 Å². The summed E-state index contributed by atoms with van der Waals surface area (Å²) < 4.78 is 34.1. The molecule has 5 nitrogen and oxygen atoms in total. The molecular formula is C14H20F2N2O3. The third-order valence-electron chi connectivity index (χ3n) is 2.79. The van der Waals surface area contributed by atoms with Crippen molar-refractivity contribution in [2.24, 2.45) is 5.73 Å². The van der Waals surface area contributed by atoms with Gasteiger partial charge < -0.3 is 20.5 Å². The number of benzene rings is 1. The molecule has 1 atom stereocenters. The highest BCUT2D eigenvalue weighted by Crippen LogP contribution is 2.25. The Bertz CT molecular complexity index is 468. The molecule has 1 amide bonds. The van der Waals surface area contributed by atoms with Crippen LogP contribution in [0.3, 0.4) is 0 Å². The zero-order valence-electron chi connectivity index (χ0n) is 12.1. The lowest BCUT2D eigenvalue weighted by atomic mass is 10.1. The van der Waals surface area contributed by atoms with Crippen molar-refractivity contribution in [2.75, 3.05) is 7.11 Å². The average molecular weight is 302 g/mol. The van der Waals surface area contributed by atoms with Crippen LogP contribution < -0.4 is 20.5 Å². The Morgan fingerprint density at radius 1 is 1.43 bits per heavy atom. The summed E-state index contributed by atoms with van der Waals surface area (Å²) in [5, 5.41) is 2.64. The molecule has 1 aromatic carbocycles. The predicted octanol–water partition coefficient (Wildman–Crippen LogP) is 2.04. The van der Waals surface area contributed by atoms with E-state index in [9.17, 15) is 13.6 Å². The Morgan fingerprint density at radius 2 is 2.14 bits per heavy atom. The summed E-state index contributed by atoms with van der Waals surface area (Å²) in [4.78, 5) is 11.6. The van der Waals surface area contributed by atoms with Crippen LogP contribution in [0.2, 0.25) is 0 Å². The number of carbonyl (C=O) groups excluding carboxylic acids is 1. The number of amides is 1. The molecule has 0 fully saturated rings. The number of alkyl halides is 2. The third-order valence-corrected chi connectivity index (χ3v) is 2.79. The highest BCUT2D eigenvalue weighted by molar-refractivity contribution is 5.76. The van der Waals surface area contributed by atoms with Crippen LogP contribution in [-0.2, 0) is 11.3 Å². The lowest BCUT2D eigenvalue weighted by molar-refractivity contribution is -0.121. The molecule has 0 heterocycles. The van der Waals surface area contributed by atoms with E-state index in [2.05, 4.69) is 10.1 Å². The van der Waals surface area contributed by atoms with Crippen LogP contribution in [0.1, 0.15) is 25.3 Å². The van der Waals surface area contributed by atoms with Gasteiger partial charge in [-0.1, -0.05) is 0 Å². The minimum atomic E-state index is -2.93. The molecule has 7 heteroatoms. The lowest BCUT2D eigenvalue weighted by Gasteiger charge is -2.13. The van der Waals surface area contributed by atoms with Gasteiger partial charge in [-0.2, -0.15) is 8.78 Å². The Morgan fingerprint density at radius 3 is 2.71 bits per heavy atom. The normalized spacial score (nSPS) is 12.1. The van der Waals surface area contributed by atoms with Crippen molar-refractivity contribution in [3.8, 4) is 11.5 Å². The second-order valence-electron chi connectivity index (χ2n) is 4.64. The average Bonchev–Trinajstić information content (AvgIpc) is 2.43. The van der Waals surface area contributed by atoms with E-state index in [1.165, 1.54) is 19.2 Å². The van der Waals surface area contributed by atoms with Gasteiger partial charge in [-0.25, -0.2) is 0 Å². The van der Waals surface area contributed by atoms with Crippen molar-refractivity contribution in [3.63, 3.8) is 0 Å². The first kappa shape index (κ1) is 17.2. The smallest absolute Gasteiger partial charge is 0.387 e. The lowest BCUT2D eigenvalue weighted by Crippen LogP contribution is -2.25. The number of hydrogen-bond acceptors (Lipinski definition) is 4. The standard InChI is InChI=1S/C14H20F2N2O3/c1-9(17)3-6-13(19)18-8-10-7-11(20-2)4-5-12(10)21-14(15)16/h4-5,7,9,14H,3,6,8,17H2,1-2H3,(H,18,19). The molecule has 0 aliphatic heterocycles. The molecule has 0 saturated carbocycles. The van der Waals surface area contributed by atoms with Crippen LogP contribution in [0.4, 0.5) is 8.78 Å². The quantitative estimate of drug-likeness (QED) is 0.770. The first-order chi connectivity index (χ1) is 9.92. The summed E-state index contributed by atoms with van der Waals surface area (Å²) in [6, 6.07) is 4.38. The fourth-order valence-electron chi connectivity index (χ4n) is 1.67. The van der Waals surface area contributed by atoms with Crippen molar-refractivity contribution in [1.82, 2.24) is 5.32 Å². The van der Waals surface area contributed by atoms with Gasteiger partial charge >= 0.3 is 6.61 Å². The SMILES string of the molecule is COc1ccc(OC(F)F)c(CNC(=O)CCC(C)N)c1. The van der Waals surface area contributed by atoms with Gasteiger partial charge in [0.25, 0.3) is 0 Å². The number of hydrogen-bond donors (Lipinski definition) is 2. The molecule has 0 aliphatic carbocycles. The monoisotopic (exact) mass is 302 g/mol. The Balaban J connectivity index is 2.68.